The molecule has 0 aromatic carbocycles. The molecule has 1 aliphatic carbocycles. The summed E-state index contributed by atoms with van der Waals surface area (Å²) in [6, 6.07) is 0.0154. The van der Waals surface area contributed by atoms with Gasteiger partial charge in [-0.1, -0.05) is 0 Å². The first kappa shape index (κ1) is 10.4. The molecule has 0 saturated heterocycles. The number of carbonyl (C=O) groups excluding carboxylic acids is 1. The number of hydrogen-bond acceptors (Lipinski definition) is 4. The van der Waals surface area contributed by atoms with E-state index in [9.17, 15) is 9.90 Å². The highest BCUT2D eigenvalue weighted by atomic mass is 16.6. The van der Waals surface area contributed by atoms with Crippen LogP contribution in [-0.4, -0.2) is 30.3 Å². The van der Waals surface area contributed by atoms with E-state index in [1.165, 1.54) is 7.11 Å². The van der Waals surface area contributed by atoms with Gasteiger partial charge in [-0.2, -0.15) is 0 Å². The Morgan fingerprint density at radius 2 is 2.31 bits per heavy atom. The Morgan fingerprint density at radius 1 is 1.62 bits per heavy atom. The molecular formula is C8H16N2O3. The van der Waals surface area contributed by atoms with E-state index in [1.54, 1.807) is 0 Å². The van der Waals surface area contributed by atoms with Crippen LogP contribution in [0.2, 0.25) is 0 Å². The van der Waals surface area contributed by atoms with Gasteiger partial charge >= 0.3 is 0 Å². The Hall–Kier alpha value is -0.650. The molecule has 4 N–H and O–H groups in total. The van der Waals surface area contributed by atoms with Crippen molar-refractivity contribution in [3.05, 3.63) is 0 Å². The zero-order valence-electron chi connectivity index (χ0n) is 7.69. The van der Waals surface area contributed by atoms with Crippen LogP contribution in [0.5, 0.6) is 0 Å². The summed E-state index contributed by atoms with van der Waals surface area (Å²) < 4.78 is 0. The lowest BCUT2D eigenvalue weighted by Crippen LogP contribution is -2.44. The lowest BCUT2D eigenvalue weighted by Gasteiger charge is -2.29. The van der Waals surface area contributed by atoms with Gasteiger partial charge in [-0.15, -0.1) is 0 Å². The first-order valence-corrected chi connectivity index (χ1v) is 4.41. The fraction of sp³-hybridized carbons (Fsp3) is 0.875. The molecule has 3 atom stereocenters. The summed E-state index contributed by atoms with van der Waals surface area (Å²) in [6.45, 7) is 0. The molecule has 0 bridgehead atoms. The monoisotopic (exact) mass is 188 g/mol. The molecule has 3 unspecified atom stereocenters. The third-order valence-electron chi connectivity index (χ3n) is 2.40. The number of carbonyl (C=O) groups is 1. The predicted molar refractivity (Wildman–Crippen MR) is 46.5 cm³/mol. The molecule has 5 nitrogen and oxygen atoms in total. The number of rotatable bonds is 2. The minimum atomic E-state index is -0.640. The number of hydroxylamine groups is 1. The normalized spacial score (nSPS) is 34.2. The number of nitrogens with one attached hydrogen (secondary N) is 1. The van der Waals surface area contributed by atoms with Gasteiger partial charge < -0.3 is 10.8 Å². The van der Waals surface area contributed by atoms with Crippen LogP contribution in [0.4, 0.5) is 0 Å². The minimum Gasteiger partial charge on any atom is -0.392 e. The summed E-state index contributed by atoms with van der Waals surface area (Å²) in [5, 5.41) is 9.54. The van der Waals surface area contributed by atoms with Gasteiger partial charge in [0.2, 0.25) is 5.91 Å². The maximum atomic E-state index is 11.3. The molecule has 0 spiro atoms. The Labute approximate surface area is 77.2 Å². The predicted octanol–water partition coefficient (Wildman–Crippen LogP) is -0.848. The molecule has 1 fully saturated rings. The van der Waals surface area contributed by atoms with Crippen molar-refractivity contribution in [1.29, 1.82) is 0 Å². The molecule has 0 aromatic rings. The molecule has 5 heteroatoms. The van der Waals surface area contributed by atoms with E-state index in [0.717, 1.165) is 6.42 Å². The molecule has 0 radical (unpaired) electrons. The van der Waals surface area contributed by atoms with E-state index < -0.39 is 6.10 Å². The molecule has 1 amide bonds. The summed E-state index contributed by atoms with van der Waals surface area (Å²) in [4.78, 5) is 15.8. The Bertz CT molecular complexity index is 186. The van der Waals surface area contributed by atoms with Gasteiger partial charge in [0.15, 0.2) is 0 Å². The lowest BCUT2D eigenvalue weighted by molar-refractivity contribution is -0.141. The van der Waals surface area contributed by atoms with Crippen LogP contribution in [0.3, 0.4) is 0 Å². The molecule has 1 saturated carbocycles. The van der Waals surface area contributed by atoms with E-state index in [0.29, 0.717) is 12.8 Å². The fourth-order valence-electron chi connectivity index (χ4n) is 1.66. The van der Waals surface area contributed by atoms with Gasteiger partial charge in [0.05, 0.1) is 19.1 Å². The molecule has 1 rings (SSSR count). The summed E-state index contributed by atoms with van der Waals surface area (Å²) >= 11 is 0. The molecule has 0 aromatic heterocycles. The maximum Gasteiger partial charge on any atom is 0.249 e. The van der Waals surface area contributed by atoms with Gasteiger partial charge in [0.25, 0.3) is 0 Å². The zero-order chi connectivity index (χ0) is 9.84. The van der Waals surface area contributed by atoms with Crippen LogP contribution in [0.1, 0.15) is 19.3 Å². The standard InChI is InChI=1S/C8H16N2O3/c1-13-10-8(12)6-3-2-5(9)4-7(6)11/h5-7,11H,2-4,9H2,1H3,(H,10,12). The third-order valence-corrected chi connectivity index (χ3v) is 2.40. The van der Waals surface area contributed by atoms with Gasteiger partial charge in [-0.3, -0.25) is 9.63 Å². The first-order chi connectivity index (χ1) is 6.15. The maximum absolute atomic E-state index is 11.3. The van der Waals surface area contributed by atoms with Gasteiger partial charge in [-0.25, -0.2) is 5.48 Å². The van der Waals surface area contributed by atoms with Crippen LogP contribution in [0, 0.1) is 5.92 Å². The van der Waals surface area contributed by atoms with Crippen molar-refractivity contribution in [2.24, 2.45) is 11.7 Å². The molecular weight excluding hydrogens is 172 g/mol. The Morgan fingerprint density at radius 3 is 2.85 bits per heavy atom. The van der Waals surface area contributed by atoms with Crippen molar-refractivity contribution in [3.63, 3.8) is 0 Å². The quantitative estimate of drug-likeness (QED) is 0.493. The highest BCUT2D eigenvalue weighted by molar-refractivity contribution is 5.78. The molecule has 0 aliphatic heterocycles. The van der Waals surface area contributed by atoms with Gasteiger partial charge in [0.1, 0.15) is 0 Å². The molecule has 0 heterocycles. The second-order valence-corrected chi connectivity index (χ2v) is 3.42. The lowest BCUT2D eigenvalue weighted by atomic mass is 9.83. The van der Waals surface area contributed by atoms with Crippen LogP contribution < -0.4 is 11.2 Å². The van der Waals surface area contributed by atoms with Crippen molar-refractivity contribution in [3.8, 4) is 0 Å². The smallest absolute Gasteiger partial charge is 0.249 e. The van der Waals surface area contributed by atoms with Crippen LogP contribution in [0.15, 0.2) is 0 Å². The topological polar surface area (TPSA) is 84.6 Å². The number of aliphatic hydroxyl groups is 1. The highest BCUT2D eigenvalue weighted by Crippen LogP contribution is 2.23. The number of amides is 1. The zero-order valence-corrected chi connectivity index (χ0v) is 7.69. The minimum absolute atomic E-state index is 0.0154. The number of hydrogen-bond donors (Lipinski definition) is 3. The van der Waals surface area contributed by atoms with E-state index in [-0.39, 0.29) is 17.9 Å². The van der Waals surface area contributed by atoms with Crippen LogP contribution in [0.25, 0.3) is 0 Å². The average Bonchev–Trinajstić information content (AvgIpc) is 2.04. The average molecular weight is 188 g/mol. The first-order valence-electron chi connectivity index (χ1n) is 4.41. The van der Waals surface area contributed by atoms with Crippen molar-refractivity contribution in [2.45, 2.75) is 31.4 Å². The van der Waals surface area contributed by atoms with Gasteiger partial charge in [-0.05, 0) is 19.3 Å². The summed E-state index contributed by atoms with van der Waals surface area (Å²) in [6.07, 6.45) is 1.25. The second-order valence-electron chi connectivity index (χ2n) is 3.42. The number of aliphatic hydroxyl groups excluding tert-OH is 1. The Kier molecular flexibility index (Phi) is 3.65. The summed E-state index contributed by atoms with van der Waals surface area (Å²) in [5.74, 6) is -0.637. The fourth-order valence-corrected chi connectivity index (χ4v) is 1.66. The second kappa shape index (κ2) is 4.55. The highest BCUT2D eigenvalue weighted by Gasteiger charge is 2.32. The number of nitrogens with two attached hydrogens (primary N) is 1. The van der Waals surface area contributed by atoms with Crippen molar-refractivity contribution in [2.75, 3.05) is 7.11 Å². The van der Waals surface area contributed by atoms with Crippen LogP contribution >= 0.6 is 0 Å². The van der Waals surface area contributed by atoms with E-state index in [4.69, 9.17) is 5.73 Å². The van der Waals surface area contributed by atoms with Crippen LogP contribution in [-0.2, 0) is 9.63 Å². The third kappa shape index (κ3) is 2.65. The Balaban J connectivity index is 2.45. The van der Waals surface area contributed by atoms with Crippen molar-refractivity contribution >= 4 is 5.91 Å². The summed E-state index contributed by atoms with van der Waals surface area (Å²) in [7, 11) is 1.37. The van der Waals surface area contributed by atoms with E-state index in [1.807, 2.05) is 0 Å². The van der Waals surface area contributed by atoms with E-state index in [2.05, 4.69) is 10.3 Å². The summed E-state index contributed by atoms with van der Waals surface area (Å²) in [5.41, 5.74) is 7.86. The molecule has 76 valence electrons. The van der Waals surface area contributed by atoms with Crippen molar-refractivity contribution in [1.82, 2.24) is 5.48 Å². The van der Waals surface area contributed by atoms with Crippen molar-refractivity contribution < 1.29 is 14.7 Å². The molecule has 1 aliphatic rings. The molecule has 13 heavy (non-hydrogen) atoms. The largest absolute Gasteiger partial charge is 0.392 e. The van der Waals surface area contributed by atoms with Gasteiger partial charge in [0, 0.05) is 6.04 Å². The SMILES string of the molecule is CONC(=O)C1CCC(N)CC1O. The van der Waals surface area contributed by atoms with E-state index >= 15 is 0 Å².